The minimum atomic E-state index is -1.49. The van der Waals surface area contributed by atoms with Crippen LogP contribution in [0.25, 0.3) is 11.1 Å². The molecule has 0 spiro atoms. The fraction of sp³-hybridized carbons (Fsp3) is 0.594. The van der Waals surface area contributed by atoms with Crippen LogP contribution >= 0.6 is 11.6 Å². The second-order valence-corrected chi connectivity index (χ2v) is 10.8. The molecule has 0 radical (unpaired) electrons. The third-order valence-electron chi connectivity index (χ3n) is 7.43. The van der Waals surface area contributed by atoms with Gasteiger partial charge in [0.15, 0.2) is 6.17 Å². The number of ether oxygens (including phenoxy) is 2. The minimum Gasteiger partial charge on any atom is -0.492 e. The van der Waals surface area contributed by atoms with E-state index in [1.54, 1.807) is 0 Å². The summed E-state index contributed by atoms with van der Waals surface area (Å²) >= 11 is 6.52. The van der Waals surface area contributed by atoms with E-state index in [9.17, 15) is 9.18 Å². The Morgan fingerprint density at radius 3 is 2.22 bits per heavy atom. The lowest BCUT2D eigenvalue weighted by Crippen LogP contribution is -2.28. The quantitative estimate of drug-likeness (QED) is 0.170. The van der Waals surface area contributed by atoms with Gasteiger partial charge in [-0.15, -0.1) is 0 Å². The monoisotopic (exact) mass is 530 g/mol. The molecule has 0 bridgehead atoms. The average molecular weight is 531 g/mol. The third kappa shape index (κ3) is 9.63. The van der Waals surface area contributed by atoms with Crippen LogP contribution in [0.2, 0.25) is 5.02 Å². The number of halogens is 2. The lowest BCUT2D eigenvalue weighted by molar-refractivity contribution is -0.157. The Balaban J connectivity index is 1.45. The molecule has 0 saturated heterocycles. The van der Waals surface area contributed by atoms with Crippen molar-refractivity contribution in [3.8, 4) is 16.9 Å². The molecule has 3 nitrogen and oxygen atoms in total. The zero-order valence-corrected chi connectivity index (χ0v) is 23.4. The van der Waals surface area contributed by atoms with E-state index < -0.39 is 12.1 Å². The predicted octanol–water partition coefficient (Wildman–Crippen LogP) is 9.84. The number of esters is 1. The molecule has 37 heavy (non-hydrogen) atoms. The first-order valence-corrected chi connectivity index (χ1v) is 14.8. The molecule has 1 fully saturated rings. The Labute approximate surface area is 228 Å². The number of carbonyl (C=O) groups is 1. The molecule has 204 valence electrons. The highest BCUT2D eigenvalue weighted by Crippen LogP contribution is 2.36. The first kappa shape index (κ1) is 29.5. The highest BCUT2D eigenvalue weighted by molar-refractivity contribution is 6.32. The number of carbonyl (C=O) groups excluding carboxylic acids is 1. The number of hydrogen-bond donors (Lipinski definition) is 0. The molecule has 1 aliphatic carbocycles. The van der Waals surface area contributed by atoms with E-state index in [0.29, 0.717) is 24.0 Å². The van der Waals surface area contributed by atoms with Crippen molar-refractivity contribution < 1.29 is 18.7 Å². The first-order chi connectivity index (χ1) is 18.0. The van der Waals surface area contributed by atoms with Gasteiger partial charge in [-0.25, -0.2) is 9.18 Å². The van der Waals surface area contributed by atoms with E-state index in [-0.39, 0.29) is 12.5 Å². The van der Waals surface area contributed by atoms with Gasteiger partial charge in [0.05, 0.1) is 11.6 Å². The minimum absolute atomic E-state index is 0.160. The largest absolute Gasteiger partial charge is 0.492 e. The number of rotatable bonds is 15. The van der Waals surface area contributed by atoms with Crippen molar-refractivity contribution >= 4 is 17.6 Å². The summed E-state index contributed by atoms with van der Waals surface area (Å²) in [5, 5.41) is 0.644. The lowest BCUT2D eigenvalue weighted by Gasteiger charge is -2.29. The van der Waals surface area contributed by atoms with E-state index in [1.165, 1.54) is 37.7 Å². The second-order valence-electron chi connectivity index (χ2n) is 10.4. The standard InChI is InChI=1S/C32H44ClFO3/c1-3-5-7-8-9-10-22-36-31-21-18-27(23-29(31)33)26-14-12-24(13-15-26)25-16-19-28(20-17-25)37-32(35)30(34)11-6-4-2/h12-15,18,21,23,25,28,30H,3-11,16-17,19-20,22H2,1-2H3/t25?,28?,30-/m0/s1. The van der Waals surface area contributed by atoms with Crippen LogP contribution in [0, 0.1) is 0 Å². The van der Waals surface area contributed by atoms with Crippen LogP contribution < -0.4 is 4.74 Å². The Kier molecular flexibility index (Phi) is 12.8. The highest BCUT2D eigenvalue weighted by Gasteiger charge is 2.27. The summed E-state index contributed by atoms with van der Waals surface area (Å²) < 4.78 is 25.3. The summed E-state index contributed by atoms with van der Waals surface area (Å²) in [4.78, 5) is 12.0. The summed E-state index contributed by atoms with van der Waals surface area (Å²) in [6, 6.07) is 14.7. The summed E-state index contributed by atoms with van der Waals surface area (Å²) in [7, 11) is 0. The topological polar surface area (TPSA) is 35.5 Å². The van der Waals surface area contributed by atoms with Crippen molar-refractivity contribution in [2.75, 3.05) is 6.61 Å². The van der Waals surface area contributed by atoms with Crippen molar-refractivity contribution in [3.05, 3.63) is 53.1 Å². The van der Waals surface area contributed by atoms with Crippen LogP contribution in [0.3, 0.4) is 0 Å². The van der Waals surface area contributed by atoms with Gasteiger partial charge in [-0.1, -0.05) is 101 Å². The van der Waals surface area contributed by atoms with Crippen molar-refractivity contribution in [3.63, 3.8) is 0 Å². The van der Waals surface area contributed by atoms with Crippen molar-refractivity contribution in [1.82, 2.24) is 0 Å². The highest BCUT2D eigenvalue weighted by atomic mass is 35.5. The van der Waals surface area contributed by atoms with Gasteiger partial charge in [-0.2, -0.15) is 0 Å². The van der Waals surface area contributed by atoms with E-state index in [4.69, 9.17) is 21.1 Å². The fourth-order valence-electron chi connectivity index (χ4n) is 5.06. The van der Waals surface area contributed by atoms with Crippen LogP contribution in [0.15, 0.2) is 42.5 Å². The van der Waals surface area contributed by atoms with Crippen LogP contribution in [0.5, 0.6) is 5.75 Å². The molecule has 1 aliphatic rings. The molecule has 3 rings (SSSR count). The predicted molar refractivity (Wildman–Crippen MR) is 151 cm³/mol. The van der Waals surface area contributed by atoms with Gasteiger partial charge < -0.3 is 9.47 Å². The smallest absolute Gasteiger partial charge is 0.340 e. The molecule has 2 aromatic carbocycles. The van der Waals surface area contributed by atoms with Crippen LogP contribution in [0.4, 0.5) is 4.39 Å². The molecule has 2 aromatic rings. The molecule has 5 heteroatoms. The molecule has 0 unspecified atom stereocenters. The summed E-state index contributed by atoms with van der Waals surface area (Å²) in [5.41, 5.74) is 3.49. The number of alkyl halides is 1. The maximum atomic E-state index is 13.9. The molecular weight excluding hydrogens is 487 g/mol. The molecule has 0 amide bonds. The van der Waals surface area contributed by atoms with E-state index in [0.717, 1.165) is 55.4 Å². The number of benzene rings is 2. The van der Waals surface area contributed by atoms with Gasteiger partial charge in [0, 0.05) is 0 Å². The molecular formula is C32H44ClFO3. The molecule has 1 atom stereocenters. The van der Waals surface area contributed by atoms with Crippen molar-refractivity contribution in [2.45, 2.75) is 116 Å². The number of hydrogen-bond acceptors (Lipinski definition) is 3. The van der Waals surface area contributed by atoms with E-state index in [2.05, 4.69) is 37.3 Å². The van der Waals surface area contributed by atoms with Crippen LogP contribution in [-0.2, 0) is 9.53 Å². The normalized spacial score (nSPS) is 18.4. The molecule has 1 saturated carbocycles. The molecule has 0 aliphatic heterocycles. The summed E-state index contributed by atoms with van der Waals surface area (Å²) in [6.07, 6.45) is 11.1. The zero-order valence-electron chi connectivity index (χ0n) is 22.7. The Morgan fingerprint density at radius 2 is 1.54 bits per heavy atom. The molecule has 0 aromatic heterocycles. The van der Waals surface area contributed by atoms with Gasteiger partial charge in [0.2, 0.25) is 0 Å². The third-order valence-corrected chi connectivity index (χ3v) is 7.72. The van der Waals surface area contributed by atoms with E-state index >= 15 is 0 Å². The van der Waals surface area contributed by atoms with Crippen LogP contribution in [-0.4, -0.2) is 24.9 Å². The summed E-state index contributed by atoms with van der Waals surface area (Å²) in [6.45, 7) is 4.93. The Morgan fingerprint density at radius 1 is 0.892 bits per heavy atom. The number of unbranched alkanes of at least 4 members (excludes halogenated alkanes) is 6. The maximum Gasteiger partial charge on any atom is 0.340 e. The molecule has 0 N–H and O–H groups in total. The Hall–Kier alpha value is -2.07. The fourth-order valence-corrected chi connectivity index (χ4v) is 5.30. The average Bonchev–Trinajstić information content (AvgIpc) is 2.92. The van der Waals surface area contributed by atoms with Gasteiger partial charge in [0.25, 0.3) is 0 Å². The maximum absolute atomic E-state index is 13.9. The van der Waals surface area contributed by atoms with Gasteiger partial charge in [-0.3, -0.25) is 0 Å². The Bertz CT molecular complexity index is 938. The molecule has 0 heterocycles. The SMILES string of the molecule is CCCCCCCCOc1ccc(-c2ccc(C3CCC(OC(=O)[C@@H](F)CCCC)CC3)cc2)cc1Cl. The zero-order chi connectivity index (χ0) is 26.5. The first-order valence-electron chi connectivity index (χ1n) is 14.4. The van der Waals surface area contributed by atoms with Crippen molar-refractivity contribution in [1.29, 1.82) is 0 Å². The lowest BCUT2D eigenvalue weighted by atomic mass is 9.82. The van der Waals surface area contributed by atoms with Gasteiger partial charge in [0.1, 0.15) is 11.9 Å². The van der Waals surface area contributed by atoms with E-state index in [1.807, 2.05) is 19.1 Å². The van der Waals surface area contributed by atoms with Gasteiger partial charge >= 0.3 is 5.97 Å². The summed E-state index contributed by atoms with van der Waals surface area (Å²) in [5.74, 6) is 0.503. The van der Waals surface area contributed by atoms with Crippen LogP contribution in [0.1, 0.15) is 109 Å². The van der Waals surface area contributed by atoms with Crippen molar-refractivity contribution in [2.24, 2.45) is 0 Å². The van der Waals surface area contributed by atoms with Gasteiger partial charge in [-0.05, 0) is 73.3 Å². The second kappa shape index (κ2) is 16.0.